The lowest BCUT2D eigenvalue weighted by Crippen LogP contribution is -2.03. The average molecular weight is 206 g/mol. The van der Waals surface area contributed by atoms with Crippen molar-refractivity contribution < 1.29 is 4.92 Å². The van der Waals surface area contributed by atoms with Crippen LogP contribution in [-0.4, -0.2) is 18.5 Å². The Kier molecular flexibility index (Phi) is 4.00. The second-order valence-corrected chi connectivity index (χ2v) is 3.28. The molecule has 0 aliphatic rings. The molecule has 0 saturated heterocycles. The van der Waals surface area contributed by atoms with Crippen molar-refractivity contribution in [1.82, 2.24) is 5.32 Å². The van der Waals surface area contributed by atoms with Crippen LogP contribution in [0.5, 0.6) is 0 Å². The van der Waals surface area contributed by atoms with Crippen molar-refractivity contribution in [3.8, 4) is 0 Å². The summed E-state index contributed by atoms with van der Waals surface area (Å²) in [6.07, 6.45) is 3.62. The van der Waals surface area contributed by atoms with Crippen molar-refractivity contribution in [3.05, 3.63) is 45.5 Å². The number of hydrogen-bond acceptors (Lipinski definition) is 3. The molecule has 15 heavy (non-hydrogen) atoms. The second kappa shape index (κ2) is 5.26. The van der Waals surface area contributed by atoms with Crippen LogP contribution in [0.25, 0.3) is 6.08 Å². The van der Waals surface area contributed by atoms with Gasteiger partial charge in [-0.2, -0.15) is 0 Å². The summed E-state index contributed by atoms with van der Waals surface area (Å²) in [4.78, 5) is 10.4. The summed E-state index contributed by atoms with van der Waals surface area (Å²) in [6.45, 7) is 2.54. The SMILES string of the molecule is CNCC=Cc1ccc(C)cc1[N+](=O)[O-]. The van der Waals surface area contributed by atoms with Crippen molar-refractivity contribution >= 4 is 11.8 Å². The van der Waals surface area contributed by atoms with E-state index in [9.17, 15) is 10.1 Å². The van der Waals surface area contributed by atoms with E-state index in [1.165, 1.54) is 0 Å². The molecule has 0 aliphatic carbocycles. The van der Waals surface area contributed by atoms with Crippen molar-refractivity contribution in [3.63, 3.8) is 0 Å². The number of nitro groups is 1. The fourth-order valence-corrected chi connectivity index (χ4v) is 1.26. The van der Waals surface area contributed by atoms with Gasteiger partial charge in [0.05, 0.1) is 10.5 Å². The molecule has 0 heterocycles. The first-order chi connectivity index (χ1) is 7.15. The predicted octanol–water partition coefficient (Wildman–Crippen LogP) is 2.14. The molecule has 0 spiro atoms. The van der Waals surface area contributed by atoms with Gasteiger partial charge in [0.15, 0.2) is 0 Å². The summed E-state index contributed by atoms with van der Waals surface area (Å²) in [5, 5.41) is 13.7. The van der Waals surface area contributed by atoms with E-state index in [0.717, 1.165) is 5.56 Å². The molecule has 1 N–H and O–H groups in total. The van der Waals surface area contributed by atoms with E-state index in [-0.39, 0.29) is 10.6 Å². The van der Waals surface area contributed by atoms with Crippen LogP contribution in [0.15, 0.2) is 24.3 Å². The molecule has 0 saturated carbocycles. The third kappa shape index (κ3) is 3.18. The normalized spacial score (nSPS) is 10.8. The van der Waals surface area contributed by atoms with Gasteiger partial charge in [0, 0.05) is 12.6 Å². The van der Waals surface area contributed by atoms with E-state index in [2.05, 4.69) is 5.32 Å². The van der Waals surface area contributed by atoms with E-state index in [1.54, 1.807) is 18.2 Å². The van der Waals surface area contributed by atoms with Crippen LogP contribution in [0.3, 0.4) is 0 Å². The first kappa shape index (κ1) is 11.4. The third-order valence-corrected chi connectivity index (χ3v) is 2.00. The summed E-state index contributed by atoms with van der Waals surface area (Å²) in [7, 11) is 1.83. The molecule has 0 aromatic heterocycles. The Morgan fingerprint density at radius 2 is 2.27 bits per heavy atom. The van der Waals surface area contributed by atoms with Gasteiger partial charge in [0.1, 0.15) is 0 Å². The molecule has 0 radical (unpaired) electrons. The first-order valence-electron chi connectivity index (χ1n) is 4.71. The fourth-order valence-electron chi connectivity index (χ4n) is 1.26. The predicted molar refractivity (Wildman–Crippen MR) is 60.8 cm³/mol. The van der Waals surface area contributed by atoms with E-state index < -0.39 is 0 Å². The summed E-state index contributed by atoms with van der Waals surface area (Å²) >= 11 is 0. The fraction of sp³-hybridized carbons (Fsp3) is 0.273. The zero-order chi connectivity index (χ0) is 11.3. The Hall–Kier alpha value is -1.68. The number of aryl methyl sites for hydroxylation is 1. The van der Waals surface area contributed by atoms with Crippen LogP contribution in [0.2, 0.25) is 0 Å². The van der Waals surface area contributed by atoms with Gasteiger partial charge >= 0.3 is 0 Å². The number of benzene rings is 1. The highest BCUT2D eigenvalue weighted by molar-refractivity contribution is 5.61. The summed E-state index contributed by atoms with van der Waals surface area (Å²) in [5.41, 5.74) is 1.69. The van der Waals surface area contributed by atoms with E-state index in [0.29, 0.717) is 12.1 Å². The summed E-state index contributed by atoms with van der Waals surface area (Å²) in [6, 6.07) is 5.21. The van der Waals surface area contributed by atoms with Crippen molar-refractivity contribution in [2.45, 2.75) is 6.92 Å². The minimum Gasteiger partial charge on any atom is -0.316 e. The standard InChI is InChI=1S/C11H14N2O2/c1-9-5-6-10(4-3-7-12-2)11(8-9)13(14)15/h3-6,8,12H,7H2,1-2H3. The Morgan fingerprint density at radius 1 is 1.53 bits per heavy atom. The van der Waals surface area contributed by atoms with Gasteiger partial charge < -0.3 is 5.32 Å². The van der Waals surface area contributed by atoms with Crippen LogP contribution >= 0.6 is 0 Å². The van der Waals surface area contributed by atoms with Gasteiger partial charge in [-0.3, -0.25) is 10.1 Å². The molecule has 0 bridgehead atoms. The van der Waals surface area contributed by atoms with Crippen LogP contribution < -0.4 is 5.32 Å². The molecular formula is C11H14N2O2. The number of likely N-dealkylation sites (N-methyl/N-ethyl adjacent to an activating group) is 1. The van der Waals surface area contributed by atoms with Crippen LogP contribution in [-0.2, 0) is 0 Å². The first-order valence-corrected chi connectivity index (χ1v) is 4.71. The van der Waals surface area contributed by atoms with Crippen molar-refractivity contribution in [2.75, 3.05) is 13.6 Å². The Bertz CT molecular complexity index is 386. The minimum absolute atomic E-state index is 0.155. The topological polar surface area (TPSA) is 55.2 Å². The molecule has 0 amide bonds. The second-order valence-electron chi connectivity index (χ2n) is 3.28. The van der Waals surface area contributed by atoms with Crippen LogP contribution in [0, 0.1) is 17.0 Å². The Morgan fingerprint density at radius 3 is 2.87 bits per heavy atom. The molecule has 4 heteroatoms. The molecule has 1 aromatic rings. The molecule has 1 rings (SSSR count). The number of nitro benzene ring substituents is 1. The Balaban J connectivity index is 3.01. The number of rotatable bonds is 4. The summed E-state index contributed by atoms with van der Waals surface area (Å²) in [5.74, 6) is 0. The smallest absolute Gasteiger partial charge is 0.276 e. The molecule has 1 aromatic carbocycles. The molecule has 0 atom stereocenters. The van der Waals surface area contributed by atoms with E-state index in [1.807, 2.05) is 26.1 Å². The van der Waals surface area contributed by atoms with Crippen molar-refractivity contribution in [2.24, 2.45) is 0 Å². The molecular weight excluding hydrogens is 192 g/mol. The van der Waals surface area contributed by atoms with Crippen LogP contribution in [0.4, 0.5) is 5.69 Å². The zero-order valence-electron chi connectivity index (χ0n) is 8.86. The number of hydrogen-bond donors (Lipinski definition) is 1. The van der Waals surface area contributed by atoms with Gasteiger partial charge in [-0.1, -0.05) is 18.2 Å². The maximum absolute atomic E-state index is 10.8. The van der Waals surface area contributed by atoms with Crippen molar-refractivity contribution in [1.29, 1.82) is 0 Å². The lowest BCUT2D eigenvalue weighted by molar-refractivity contribution is -0.385. The van der Waals surface area contributed by atoms with Crippen LogP contribution in [0.1, 0.15) is 11.1 Å². The highest BCUT2D eigenvalue weighted by Gasteiger charge is 2.10. The molecule has 0 fully saturated rings. The van der Waals surface area contributed by atoms with E-state index in [4.69, 9.17) is 0 Å². The highest BCUT2D eigenvalue weighted by atomic mass is 16.6. The molecule has 80 valence electrons. The number of nitrogens with zero attached hydrogens (tertiary/aromatic N) is 1. The van der Waals surface area contributed by atoms with Gasteiger partial charge in [0.25, 0.3) is 5.69 Å². The third-order valence-electron chi connectivity index (χ3n) is 2.00. The Labute approximate surface area is 88.8 Å². The zero-order valence-corrected chi connectivity index (χ0v) is 8.86. The average Bonchev–Trinajstić information content (AvgIpc) is 2.20. The molecule has 0 aliphatic heterocycles. The maximum atomic E-state index is 10.8. The quantitative estimate of drug-likeness (QED) is 0.606. The van der Waals surface area contributed by atoms with Gasteiger partial charge in [-0.05, 0) is 25.6 Å². The monoisotopic (exact) mass is 206 g/mol. The molecule has 4 nitrogen and oxygen atoms in total. The largest absolute Gasteiger partial charge is 0.316 e. The summed E-state index contributed by atoms with van der Waals surface area (Å²) < 4.78 is 0. The molecule has 0 unspecified atom stereocenters. The number of nitrogens with one attached hydrogen (secondary N) is 1. The lowest BCUT2D eigenvalue weighted by Gasteiger charge is -1.99. The lowest BCUT2D eigenvalue weighted by atomic mass is 10.1. The highest BCUT2D eigenvalue weighted by Crippen LogP contribution is 2.21. The minimum atomic E-state index is -0.355. The van der Waals surface area contributed by atoms with Gasteiger partial charge in [-0.25, -0.2) is 0 Å². The van der Waals surface area contributed by atoms with Gasteiger partial charge in [0.2, 0.25) is 0 Å². The van der Waals surface area contributed by atoms with E-state index >= 15 is 0 Å². The maximum Gasteiger partial charge on any atom is 0.276 e. The van der Waals surface area contributed by atoms with Gasteiger partial charge in [-0.15, -0.1) is 0 Å².